The molecule has 32 heavy (non-hydrogen) atoms. The van der Waals surface area contributed by atoms with Gasteiger partial charge in [-0.3, -0.25) is 0 Å². The van der Waals surface area contributed by atoms with E-state index in [4.69, 9.17) is 24.7 Å². The van der Waals surface area contributed by atoms with Crippen LogP contribution in [0.3, 0.4) is 0 Å². The molecular weight excluding hydrogens is 426 g/mol. The zero-order valence-electron chi connectivity index (χ0n) is 17.6. The number of nitrogens with two attached hydrogens (primary N) is 1. The van der Waals surface area contributed by atoms with Crippen LogP contribution in [0.25, 0.3) is 5.52 Å². The Bertz CT molecular complexity index is 1060. The molecule has 2 aromatic heterocycles. The molecule has 13 heteroatoms. The molecule has 1 aliphatic rings. The Labute approximate surface area is 182 Å². The number of esters is 1. The largest absolute Gasteiger partial charge is 0.509 e. The molecule has 13 nitrogen and oxygen atoms in total. The van der Waals surface area contributed by atoms with Gasteiger partial charge in [0.15, 0.2) is 5.82 Å². The second kappa shape index (κ2) is 8.58. The first-order valence-corrected chi connectivity index (χ1v) is 9.64. The topological polar surface area (TPSA) is 192 Å². The Morgan fingerprint density at radius 1 is 1.38 bits per heavy atom. The Hall–Kier alpha value is -3.47. The minimum absolute atomic E-state index is 0.0991. The first-order chi connectivity index (χ1) is 15.1. The lowest BCUT2D eigenvalue weighted by Crippen LogP contribution is -2.41. The van der Waals surface area contributed by atoms with E-state index in [-0.39, 0.29) is 18.1 Å². The number of aliphatic hydroxyl groups excluding tert-OH is 2. The molecule has 0 saturated carbocycles. The number of aromatic nitrogens is 3. The molecule has 1 aliphatic heterocycles. The third-order valence-corrected chi connectivity index (χ3v) is 4.96. The third-order valence-electron chi connectivity index (χ3n) is 4.96. The van der Waals surface area contributed by atoms with E-state index in [0.29, 0.717) is 5.52 Å². The van der Waals surface area contributed by atoms with Crippen LogP contribution in [0.1, 0.15) is 26.5 Å². The van der Waals surface area contributed by atoms with E-state index in [0.717, 1.165) is 6.33 Å². The number of fused-ring (bicyclic) bond motifs is 1. The normalized spacial score (nSPS) is 25.3. The van der Waals surface area contributed by atoms with Gasteiger partial charge in [0.2, 0.25) is 11.2 Å². The maximum atomic E-state index is 12.0. The predicted octanol–water partition coefficient (Wildman–Crippen LogP) is -0.354. The summed E-state index contributed by atoms with van der Waals surface area (Å²) in [5, 5.41) is 35.0. The van der Waals surface area contributed by atoms with E-state index in [9.17, 15) is 25.1 Å². The van der Waals surface area contributed by atoms with Crippen molar-refractivity contribution in [3.05, 3.63) is 24.2 Å². The molecule has 2 aromatic rings. The average Bonchev–Trinajstić information content (AvgIpc) is 3.28. The molecule has 1 fully saturated rings. The van der Waals surface area contributed by atoms with Crippen molar-refractivity contribution in [2.24, 2.45) is 0 Å². The fourth-order valence-electron chi connectivity index (χ4n) is 3.28. The molecule has 172 valence electrons. The average molecular weight is 449 g/mol. The van der Waals surface area contributed by atoms with Crippen molar-refractivity contribution in [2.75, 3.05) is 18.9 Å². The zero-order valence-corrected chi connectivity index (χ0v) is 17.6. The summed E-state index contributed by atoms with van der Waals surface area (Å²) in [5.41, 5.74) is 2.63. The van der Waals surface area contributed by atoms with Crippen LogP contribution in [0, 0.1) is 11.3 Å². The van der Waals surface area contributed by atoms with E-state index in [1.54, 1.807) is 6.92 Å². The highest BCUT2D eigenvalue weighted by atomic mass is 16.7. The van der Waals surface area contributed by atoms with Crippen LogP contribution in [0.5, 0.6) is 0 Å². The number of hydrogen-bond acceptors (Lipinski definition) is 12. The molecule has 0 aromatic carbocycles. The minimum atomic E-state index is -2.03. The van der Waals surface area contributed by atoms with Gasteiger partial charge in [-0.2, -0.15) is 10.4 Å². The lowest BCUT2D eigenvalue weighted by atomic mass is 9.92. The summed E-state index contributed by atoms with van der Waals surface area (Å²) in [6.45, 7) is 3.78. The van der Waals surface area contributed by atoms with Gasteiger partial charge in [0.1, 0.15) is 42.8 Å². The molecule has 0 unspecified atom stereocenters. The number of carbonyl (C=O) groups excluding carboxylic acids is 2. The Balaban J connectivity index is 1.75. The molecule has 4 atom stereocenters. The van der Waals surface area contributed by atoms with Gasteiger partial charge < -0.3 is 34.9 Å². The Morgan fingerprint density at radius 3 is 2.75 bits per heavy atom. The van der Waals surface area contributed by atoms with Gasteiger partial charge in [0, 0.05) is 0 Å². The lowest BCUT2D eigenvalue weighted by Gasteiger charge is -2.24. The maximum absolute atomic E-state index is 12.0. The van der Waals surface area contributed by atoms with Crippen LogP contribution >= 0.6 is 0 Å². The molecule has 0 bridgehead atoms. The summed E-state index contributed by atoms with van der Waals surface area (Å²) in [4.78, 5) is 27.7. The fraction of sp³-hybridized carbons (Fsp3) is 0.526. The summed E-state index contributed by atoms with van der Waals surface area (Å²) < 4.78 is 21.7. The predicted molar refractivity (Wildman–Crippen MR) is 105 cm³/mol. The minimum Gasteiger partial charge on any atom is -0.463 e. The highest BCUT2D eigenvalue weighted by Crippen LogP contribution is 2.40. The van der Waals surface area contributed by atoms with Crippen LogP contribution in [0.4, 0.5) is 10.6 Å². The van der Waals surface area contributed by atoms with Crippen LogP contribution in [-0.2, 0) is 29.3 Å². The van der Waals surface area contributed by atoms with Crippen molar-refractivity contribution in [1.29, 1.82) is 5.26 Å². The second-order valence-electron chi connectivity index (χ2n) is 7.49. The first kappa shape index (κ1) is 23.2. The molecular formula is C19H23N5O8. The van der Waals surface area contributed by atoms with E-state index >= 15 is 0 Å². The molecule has 4 N–H and O–H groups in total. The highest BCUT2D eigenvalue weighted by molar-refractivity contribution is 5.81. The van der Waals surface area contributed by atoms with Crippen LogP contribution in [0.2, 0.25) is 0 Å². The highest BCUT2D eigenvalue weighted by Gasteiger charge is 2.58. The number of carbonyl (C=O) groups is 2. The number of nitriles is 1. The van der Waals surface area contributed by atoms with Gasteiger partial charge >= 0.3 is 12.1 Å². The van der Waals surface area contributed by atoms with E-state index in [1.165, 1.54) is 30.5 Å². The van der Waals surface area contributed by atoms with Crippen molar-refractivity contribution in [3.63, 3.8) is 0 Å². The number of ether oxygens (including phenoxy) is 4. The quantitative estimate of drug-likeness (QED) is 0.486. The summed E-state index contributed by atoms with van der Waals surface area (Å²) >= 11 is 0. The smallest absolute Gasteiger partial charge is 0.463 e. The number of nitrogens with zero attached hydrogens (tertiary/aromatic N) is 4. The van der Waals surface area contributed by atoms with Gasteiger partial charge in [-0.25, -0.2) is 19.1 Å². The van der Waals surface area contributed by atoms with Crippen LogP contribution < -0.4 is 5.73 Å². The maximum Gasteiger partial charge on any atom is 0.509 e. The summed E-state index contributed by atoms with van der Waals surface area (Å²) in [6, 6.07) is 4.86. The van der Waals surface area contributed by atoms with E-state index in [2.05, 4.69) is 10.1 Å². The van der Waals surface area contributed by atoms with Gasteiger partial charge in [0.05, 0.1) is 12.3 Å². The van der Waals surface area contributed by atoms with Crippen molar-refractivity contribution in [2.45, 2.75) is 50.3 Å². The fourth-order valence-corrected chi connectivity index (χ4v) is 3.28. The first-order valence-electron chi connectivity index (χ1n) is 9.64. The molecule has 3 rings (SSSR count). The number of rotatable bonds is 6. The van der Waals surface area contributed by atoms with Gasteiger partial charge in [-0.1, -0.05) is 0 Å². The number of aliphatic hydroxyl groups is 2. The molecule has 0 spiro atoms. The lowest BCUT2D eigenvalue weighted by molar-refractivity contribution is -0.164. The summed E-state index contributed by atoms with van der Waals surface area (Å²) in [7, 11) is 0. The molecule has 0 amide bonds. The van der Waals surface area contributed by atoms with Gasteiger partial charge in [0.25, 0.3) is 0 Å². The monoisotopic (exact) mass is 449 g/mol. The third kappa shape index (κ3) is 3.91. The Morgan fingerprint density at radius 2 is 2.09 bits per heavy atom. The SMILES string of the molecule is CCOC(=O)C(C)(C)OC(=O)OC[C@H]1O[C@@](C#N)(c2ccc3c(N)ncnn23)[C@H](O)[C@@H]1O. The van der Waals surface area contributed by atoms with E-state index in [1.807, 2.05) is 6.07 Å². The molecule has 3 heterocycles. The van der Waals surface area contributed by atoms with Crippen molar-refractivity contribution in [1.82, 2.24) is 14.6 Å². The number of hydrogen-bond donors (Lipinski definition) is 3. The van der Waals surface area contributed by atoms with Crippen molar-refractivity contribution >= 4 is 23.5 Å². The summed E-state index contributed by atoms with van der Waals surface area (Å²) in [6.07, 6.45) is -4.65. The van der Waals surface area contributed by atoms with Gasteiger partial charge in [-0.05, 0) is 32.9 Å². The standard InChI is InChI=1S/C19H23N5O8/c1-4-29-16(27)18(2,3)32-17(28)30-7-11-13(25)14(26)19(8-20,31-11)12-6-5-10-15(21)22-9-23-24(10)12/h5-6,9,11,13-14,25-26H,4,7H2,1-3H3,(H2,21,22,23)/t11-,13-,14-,19+/m1/s1. The van der Waals surface area contributed by atoms with Crippen LogP contribution in [-0.4, -0.2) is 74.1 Å². The van der Waals surface area contributed by atoms with Crippen LogP contribution in [0.15, 0.2) is 18.5 Å². The molecule has 0 aliphatic carbocycles. The number of nitrogen functional groups attached to an aromatic ring is 1. The molecule has 0 radical (unpaired) electrons. The summed E-state index contributed by atoms with van der Waals surface area (Å²) in [5.74, 6) is -0.631. The zero-order chi connectivity index (χ0) is 23.7. The van der Waals surface area contributed by atoms with Gasteiger partial charge in [-0.15, -0.1) is 0 Å². The van der Waals surface area contributed by atoms with E-state index < -0.39 is 48.2 Å². The molecule has 1 saturated heterocycles. The Kier molecular flexibility index (Phi) is 6.22. The number of anilines is 1. The van der Waals surface area contributed by atoms with Crippen molar-refractivity contribution in [3.8, 4) is 6.07 Å². The second-order valence-corrected chi connectivity index (χ2v) is 7.49. The van der Waals surface area contributed by atoms with Crippen molar-refractivity contribution < 1.29 is 38.7 Å².